The van der Waals surface area contributed by atoms with E-state index in [1.807, 2.05) is 22.6 Å². The molecular formula is C9H4BrClFIN2. The highest BCUT2D eigenvalue weighted by atomic mass is 127. The van der Waals surface area contributed by atoms with E-state index in [0.717, 1.165) is 3.57 Å². The molecule has 0 fully saturated rings. The summed E-state index contributed by atoms with van der Waals surface area (Å²) in [6.07, 6.45) is 0. The van der Waals surface area contributed by atoms with E-state index in [1.165, 1.54) is 0 Å². The average Bonchev–Trinajstić information content (AvgIpc) is 2.17. The van der Waals surface area contributed by atoms with Gasteiger partial charge in [-0.25, -0.2) is 14.4 Å². The molecule has 0 aliphatic rings. The van der Waals surface area contributed by atoms with E-state index in [1.54, 1.807) is 13.0 Å². The summed E-state index contributed by atoms with van der Waals surface area (Å²) in [6.45, 7) is 1.68. The quantitative estimate of drug-likeness (QED) is 0.377. The maximum Gasteiger partial charge on any atom is 0.164 e. The molecule has 1 aromatic heterocycles. The Hall–Kier alpha value is -0.0100. The van der Waals surface area contributed by atoms with Crippen molar-refractivity contribution in [3.05, 3.63) is 30.9 Å². The summed E-state index contributed by atoms with van der Waals surface area (Å²) in [6, 6.07) is 1.75. The van der Waals surface area contributed by atoms with Crippen molar-refractivity contribution in [3.8, 4) is 0 Å². The number of nitrogens with zero attached hydrogens (tertiary/aromatic N) is 2. The largest absolute Gasteiger partial charge is 0.230 e. The minimum absolute atomic E-state index is 0.250. The molecule has 0 amide bonds. The molecule has 0 aliphatic carbocycles. The predicted molar refractivity (Wildman–Crippen MR) is 69.7 cm³/mol. The number of aryl methyl sites for hydroxylation is 1. The molecule has 2 aromatic rings. The maximum absolute atomic E-state index is 13.8. The highest BCUT2D eigenvalue weighted by Crippen LogP contribution is 2.31. The lowest BCUT2D eigenvalue weighted by Gasteiger charge is -2.05. The van der Waals surface area contributed by atoms with Crippen LogP contribution in [0.2, 0.25) is 5.15 Å². The van der Waals surface area contributed by atoms with Crippen molar-refractivity contribution < 1.29 is 4.39 Å². The molecule has 6 heteroatoms. The number of hydrogen-bond donors (Lipinski definition) is 0. The topological polar surface area (TPSA) is 25.8 Å². The second-order valence-corrected chi connectivity index (χ2v) is 5.26. The smallest absolute Gasteiger partial charge is 0.164 e. The molecule has 0 bridgehead atoms. The first-order chi connectivity index (χ1) is 7.00. The third kappa shape index (κ3) is 1.97. The van der Waals surface area contributed by atoms with Crippen LogP contribution in [0, 0.1) is 16.3 Å². The Morgan fingerprint density at radius 3 is 2.80 bits per heavy atom. The van der Waals surface area contributed by atoms with Crippen LogP contribution in [0.5, 0.6) is 0 Å². The fourth-order valence-corrected chi connectivity index (χ4v) is 2.36. The molecule has 0 saturated heterocycles. The van der Waals surface area contributed by atoms with Gasteiger partial charge in [-0.3, -0.25) is 0 Å². The van der Waals surface area contributed by atoms with Crippen molar-refractivity contribution in [3.63, 3.8) is 0 Å². The first-order valence-corrected chi connectivity index (χ1v) is 6.23. The fraction of sp³-hybridized carbons (Fsp3) is 0.111. The van der Waals surface area contributed by atoms with Crippen LogP contribution in [0.25, 0.3) is 10.9 Å². The molecule has 0 unspecified atom stereocenters. The Morgan fingerprint density at radius 1 is 1.47 bits per heavy atom. The lowest BCUT2D eigenvalue weighted by Crippen LogP contribution is -1.95. The Balaban J connectivity index is 2.98. The van der Waals surface area contributed by atoms with Gasteiger partial charge in [0.1, 0.15) is 16.5 Å². The normalized spacial score (nSPS) is 11.0. The van der Waals surface area contributed by atoms with E-state index in [0.29, 0.717) is 15.7 Å². The van der Waals surface area contributed by atoms with Crippen LogP contribution < -0.4 is 0 Å². The summed E-state index contributed by atoms with van der Waals surface area (Å²) in [4.78, 5) is 8.02. The molecule has 0 N–H and O–H groups in total. The summed E-state index contributed by atoms with van der Waals surface area (Å²) in [5.41, 5.74) is 0.250. The van der Waals surface area contributed by atoms with Gasteiger partial charge in [0.05, 0.1) is 4.47 Å². The van der Waals surface area contributed by atoms with Gasteiger partial charge in [0.25, 0.3) is 0 Å². The van der Waals surface area contributed by atoms with Gasteiger partial charge in [-0.1, -0.05) is 11.6 Å². The maximum atomic E-state index is 13.8. The average molecular weight is 401 g/mol. The SMILES string of the molecule is Cc1nc(Cl)c2cc(I)c(Br)c(F)c2n1. The number of halogens is 4. The summed E-state index contributed by atoms with van der Waals surface area (Å²) in [5, 5.41) is 0.814. The minimum atomic E-state index is -0.399. The van der Waals surface area contributed by atoms with Crippen LogP contribution in [0.15, 0.2) is 10.5 Å². The molecule has 15 heavy (non-hydrogen) atoms. The summed E-state index contributed by atoms with van der Waals surface area (Å²) >= 11 is 11.1. The van der Waals surface area contributed by atoms with Crippen molar-refractivity contribution in [2.45, 2.75) is 6.92 Å². The number of benzene rings is 1. The lowest BCUT2D eigenvalue weighted by atomic mass is 10.2. The fourth-order valence-electron chi connectivity index (χ4n) is 1.24. The molecule has 1 heterocycles. The van der Waals surface area contributed by atoms with Crippen LogP contribution in [0.1, 0.15) is 5.82 Å². The Morgan fingerprint density at radius 2 is 2.13 bits per heavy atom. The molecule has 78 valence electrons. The number of fused-ring (bicyclic) bond motifs is 1. The molecule has 0 aliphatic heterocycles. The van der Waals surface area contributed by atoms with Crippen LogP contribution in [0.3, 0.4) is 0 Å². The molecular weight excluding hydrogens is 397 g/mol. The lowest BCUT2D eigenvalue weighted by molar-refractivity contribution is 0.628. The van der Waals surface area contributed by atoms with Gasteiger partial charge >= 0.3 is 0 Å². The second kappa shape index (κ2) is 4.10. The van der Waals surface area contributed by atoms with E-state index >= 15 is 0 Å². The second-order valence-electron chi connectivity index (χ2n) is 2.94. The van der Waals surface area contributed by atoms with Crippen molar-refractivity contribution in [2.75, 3.05) is 0 Å². The molecule has 0 spiro atoms. The van der Waals surface area contributed by atoms with Crippen LogP contribution >= 0.6 is 50.1 Å². The van der Waals surface area contributed by atoms with Gasteiger partial charge in [-0.15, -0.1) is 0 Å². The van der Waals surface area contributed by atoms with Gasteiger partial charge in [0, 0.05) is 8.96 Å². The Labute approximate surface area is 113 Å². The van der Waals surface area contributed by atoms with Gasteiger partial charge in [0.15, 0.2) is 5.82 Å². The zero-order chi connectivity index (χ0) is 11.2. The summed E-state index contributed by atoms with van der Waals surface area (Å²) in [5.74, 6) is 0.0591. The Kier molecular flexibility index (Phi) is 3.14. The standard InChI is InChI=1S/C9H4BrClFIN2/c1-3-14-8-4(9(11)15-3)2-5(13)6(10)7(8)12/h2H,1H3. The van der Waals surface area contributed by atoms with E-state index in [4.69, 9.17) is 11.6 Å². The molecule has 0 radical (unpaired) electrons. The van der Waals surface area contributed by atoms with E-state index in [2.05, 4.69) is 25.9 Å². The zero-order valence-corrected chi connectivity index (χ0v) is 12.0. The Bertz CT molecular complexity index is 562. The first-order valence-electron chi connectivity index (χ1n) is 3.98. The van der Waals surface area contributed by atoms with Crippen molar-refractivity contribution in [1.29, 1.82) is 0 Å². The van der Waals surface area contributed by atoms with Gasteiger partial charge in [0.2, 0.25) is 0 Å². The van der Waals surface area contributed by atoms with Crippen molar-refractivity contribution >= 4 is 61.0 Å². The van der Waals surface area contributed by atoms with Gasteiger partial charge in [-0.2, -0.15) is 0 Å². The molecule has 0 saturated carbocycles. The van der Waals surface area contributed by atoms with Crippen molar-refractivity contribution in [2.24, 2.45) is 0 Å². The highest BCUT2D eigenvalue weighted by Gasteiger charge is 2.14. The van der Waals surface area contributed by atoms with E-state index in [-0.39, 0.29) is 10.7 Å². The van der Waals surface area contributed by atoms with Gasteiger partial charge < -0.3 is 0 Å². The monoisotopic (exact) mass is 400 g/mol. The third-order valence-electron chi connectivity index (χ3n) is 1.89. The number of hydrogen-bond acceptors (Lipinski definition) is 2. The predicted octanol–water partition coefficient (Wildman–Crippen LogP) is 4.10. The zero-order valence-electron chi connectivity index (χ0n) is 7.48. The number of rotatable bonds is 0. The minimum Gasteiger partial charge on any atom is -0.230 e. The van der Waals surface area contributed by atoms with Crippen molar-refractivity contribution in [1.82, 2.24) is 9.97 Å². The molecule has 1 aromatic carbocycles. The van der Waals surface area contributed by atoms with Crippen LogP contribution in [0.4, 0.5) is 4.39 Å². The van der Waals surface area contributed by atoms with E-state index < -0.39 is 5.82 Å². The molecule has 2 rings (SSSR count). The van der Waals surface area contributed by atoms with Gasteiger partial charge in [-0.05, 0) is 51.5 Å². The van der Waals surface area contributed by atoms with E-state index in [9.17, 15) is 4.39 Å². The highest BCUT2D eigenvalue weighted by molar-refractivity contribution is 14.1. The first kappa shape index (κ1) is 11.5. The van der Waals surface area contributed by atoms with Crippen LogP contribution in [-0.2, 0) is 0 Å². The third-order valence-corrected chi connectivity index (χ3v) is 4.55. The summed E-state index contributed by atoms with van der Waals surface area (Å²) in [7, 11) is 0. The molecule has 2 nitrogen and oxygen atoms in total. The molecule has 0 atom stereocenters. The van der Waals surface area contributed by atoms with Crippen LogP contribution in [-0.4, -0.2) is 9.97 Å². The summed E-state index contributed by atoms with van der Waals surface area (Å²) < 4.78 is 15.0. The number of aromatic nitrogens is 2.